The monoisotopic (exact) mass is 263 g/mol. The third-order valence-corrected chi connectivity index (χ3v) is 3.12. The summed E-state index contributed by atoms with van der Waals surface area (Å²) >= 11 is 6.16. The van der Waals surface area contributed by atoms with E-state index < -0.39 is 0 Å². The molecule has 0 aliphatic carbocycles. The zero-order valence-corrected chi connectivity index (χ0v) is 11.3. The molecule has 96 valence electrons. The minimum atomic E-state index is 0.672. The van der Waals surface area contributed by atoms with Gasteiger partial charge in [-0.3, -0.25) is 0 Å². The van der Waals surface area contributed by atoms with Crippen LogP contribution in [0.15, 0.2) is 36.4 Å². The van der Waals surface area contributed by atoms with Gasteiger partial charge < -0.3 is 10.1 Å². The summed E-state index contributed by atoms with van der Waals surface area (Å²) in [6.45, 7) is 4.72. The van der Waals surface area contributed by atoms with Gasteiger partial charge in [0.25, 0.3) is 0 Å². The predicted octanol–water partition coefficient (Wildman–Crippen LogP) is 3.87. The van der Waals surface area contributed by atoms with Crippen molar-refractivity contribution in [2.24, 2.45) is 0 Å². The summed E-state index contributed by atoms with van der Waals surface area (Å²) in [7, 11) is 0. The molecular weight excluding hydrogens is 246 g/mol. The highest BCUT2D eigenvalue weighted by atomic mass is 35.5. The maximum absolute atomic E-state index is 6.16. The van der Waals surface area contributed by atoms with Crippen molar-refractivity contribution >= 4 is 22.4 Å². The number of hydrogen-bond acceptors (Lipinski definition) is 2. The molecule has 0 atom stereocenters. The van der Waals surface area contributed by atoms with Crippen LogP contribution in [0.1, 0.15) is 13.3 Å². The predicted molar refractivity (Wildman–Crippen MR) is 77.6 cm³/mol. The second-order valence-electron chi connectivity index (χ2n) is 4.19. The zero-order chi connectivity index (χ0) is 12.8. The van der Waals surface area contributed by atoms with Crippen molar-refractivity contribution in [2.45, 2.75) is 13.3 Å². The van der Waals surface area contributed by atoms with E-state index in [2.05, 4.69) is 12.2 Å². The second-order valence-corrected chi connectivity index (χ2v) is 4.60. The molecule has 0 heterocycles. The van der Waals surface area contributed by atoms with Crippen LogP contribution in [0.25, 0.3) is 10.8 Å². The van der Waals surface area contributed by atoms with E-state index in [9.17, 15) is 0 Å². The van der Waals surface area contributed by atoms with Crippen LogP contribution in [0.4, 0.5) is 0 Å². The highest BCUT2D eigenvalue weighted by molar-refractivity contribution is 6.35. The molecule has 18 heavy (non-hydrogen) atoms. The Labute approximate surface area is 113 Å². The summed E-state index contributed by atoms with van der Waals surface area (Å²) in [5.41, 5.74) is 0. The lowest BCUT2D eigenvalue weighted by molar-refractivity contribution is 0.318. The minimum Gasteiger partial charge on any atom is -0.492 e. The van der Waals surface area contributed by atoms with Crippen molar-refractivity contribution in [1.82, 2.24) is 5.32 Å². The SMILES string of the molecule is CCCNCCOc1ccc(Cl)c2ccccc12. The molecule has 0 radical (unpaired) electrons. The van der Waals surface area contributed by atoms with Gasteiger partial charge in [0, 0.05) is 22.3 Å². The van der Waals surface area contributed by atoms with Gasteiger partial charge in [0.15, 0.2) is 0 Å². The molecule has 0 aromatic heterocycles. The first-order valence-electron chi connectivity index (χ1n) is 6.33. The van der Waals surface area contributed by atoms with Gasteiger partial charge in [-0.15, -0.1) is 0 Å². The lowest BCUT2D eigenvalue weighted by atomic mass is 10.1. The normalized spacial score (nSPS) is 10.8. The van der Waals surface area contributed by atoms with E-state index in [0.29, 0.717) is 6.61 Å². The molecule has 0 saturated heterocycles. The molecule has 0 saturated carbocycles. The van der Waals surface area contributed by atoms with Crippen molar-refractivity contribution in [1.29, 1.82) is 0 Å². The fraction of sp³-hybridized carbons (Fsp3) is 0.333. The highest BCUT2D eigenvalue weighted by Crippen LogP contribution is 2.31. The van der Waals surface area contributed by atoms with E-state index >= 15 is 0 Å². The molecule has 0 aliphatic rings. The first-order chi connectivity index (χ1) is 8.83. The Hall–Kier alpha value is -1.25. The van der Waals surface area contributed by atoms with Crippen LogP contribution in [-0.4, -0.2) is 19.7 Å². The molecule has 1 N–H and O–H groups in total. The van der Waals surface area contributed by atoms with Crippen molar-refractivity contribution < 1.29 is 4.74 Å². The standard InChI is InChI=1S/C15H18ClNO/c1-2-9-17-10-11-18-15-8-7-14(16)12-5-3-4-6-13(12)15/h3-8,17H,2,9-11H2,1H3. The van der Waals surface area contributed by atoms with E-state index in [-0.39, 0.29) is 0 Å². The van der Waals surface area contributed by atoms with Crippen molar-refractivity contribution in [3.8, 4) is 5.75 Å². The van der Waals surface area contributed by atoms with E-state index in [1.54, 1.807) is 0 Å². The Morgan fingerprint density at radius 1 is 1.06 bits per heavy atom. The van der Waals surface area contributed by atoms with Crippen molar-refractivity contribution in [3.05, 3.63) is 41.4 Å². The Morgan fingerprint density at radius 2 is 1.83 bits per heavy atom. The molecule has 3 heteroatoms. The smallest absolute Gasteiger partial charge is 0.127 e. The number of ether oxygens (including phenoxy) is 1. The van der Waals surface area contributed by atoms with Gasteiger partial charge in [-0.25, -0.2) is 0 Å². The van der Waals surface area contributed by atoms with Crippen LogP contribution in [0.3, 0.4) is 0 Å². The number of fused-ring (bicyclic) bond motifs is 1. The topological polar surface area (TPSA) is 21.3 Å². The van der Waals surface area contributed by atoms with Crippen LogP contribution < -0.4 is 10.1 Å². The average Bonchev–Trinajstić information content (AvgIpc) is 2.41. The van der Waals surface area contributed by atoms with Gasteiger partial charge in [-0.2, -0.15) is 0 Å². The third-order valence-electron chi connectivity index (χ3n) is 2.79. The Kier molecular flexibility index (Phi) is 4.85. The summed E-state index contributed by atoms with van der Waals surface area (Å²) in [5, 5.41) is 6.19. The number of hydrogen-bond donors (Lipinski definition) is 1. The van der Waals surface area contributed by atoms with E-state index in [0.717, 1.165) is 41.1 Å². The van der Waals surface area contributed by atoms with Crippen LogP contribution >= 0.6 is 11.6 Å². The van der Waals surface area contributed by atoms with Crippen molar-refractivity contribution in [3.63, 3.8) is 0 Å². The van der Waals surface area contributed by atoms with Gasteiger partial charge in [0.1, 0.15) is 12.4 Å². The van der Waals surface area contributed by atoms with E-state index in [1.807, 2.05) is 36.4 Å². The number of nitrogens with one attached hydrogen (secondary N) is 1. The van der Waals surface area contributed by atoms with Gasteiger partial charge in [0.2, 0.25) is 0 Å². The number of halogens is 1. The fourth-order valence-electron chi connectivity index (χ4n) is 1.90. The summed E-state index contributed by atoms with van der Waals surface area (Å²) in [6, 6.07) is 11.9. The van der Waals surface area contributed by atoms with Crippen LogP contribution in [0.2, 0.25) is 5.02 Å². The molecule has 0 aliphatic heterocycles. The molecular formula is C15H18ClNO. The van der Waals surface area contributed by atoms with E-state index in [1.165, 1.54) is 0 Å². The molecule has 0 unspecified atom stereocenters. The van der Waals surface area contributed by atoms with Crippen molar-refractivity contribution in [2.75, 3.05) is 19.7 Å². The fourth-order valence-corrected chi connectivity index (χ4v) is 2.12. The zero-order valence-electron chi connectivity index (χ0n) is 10.6. The maximum Gasteiger partial charge on any atom is 0.127 e. The lowest BCUT2D eigenvalue weighted by Crippen LogP contribution is -2.21. The molecule has 2 aromatic carbocycles. The molecule has 2 aromatic rings. The van der Waals surface area contributed by atoms with Crippen LogP contribution in [-0.2, 0) is 0 Å². The minimum absolute atomic E-state index is 0.672. The molecule has 0 amide bonds. The lowest BCUT2D eigenvalue weighted by Gasteiger charge is -2.10. The highest BCUT2D eigenvalue weighted by Gasteiger charge is 2.04. The van der Waals surface area contributed by atoms with Crippen LogP contribution in [0.5, 0.6) is 5.75 Å². The molecule has 0 spiro atoms. The number of rotatable bonds is 6. The summed E-state index contributed by atoms with van der Waals surface area (Å²) < 4.78 is 5.80. The summed E-state index contributed by atoms with van der Waals surface area (Å²) in [4.78, 5) is 0. The Morgan fingerprint density at radius 3 is 2.61 bits per heavy atom. The van der Waals surface area contributed by atoms with Gasteiger partial charge in [0.05, 0.1) is 0 Å². The molecule has 0 fully saturated rings. The molecule has 2 rings (SSSR count). The quantitative estimate of drug-likeness (QED) is 0.799. The largest absolute Gasteiger partial charge is 0.492 e. The first kappa shape index (κ1) is 13.2. The maximum atomic E-state index is 6.16. The van der Waals surface area contributed by atoms with Gasteiger partial charge in [-0.05, 0) is 25.1 Å². The van der Waals surface area contributed by atoms with Gasteiger partial charge >= 0.3 is 0 Å². The Bertz CT molecular complexity index is 513. The second kappa shape index (κ2) is 6.62. The average molecular weight is 264 g/mol. The molecule has 2 nitrogen and oxygen atoms in total. The third kappa shape index (κ3) is 3.15. The van der Waals surface area contributed by atoms with Crippen LogP contribution in [0, 0.1) is 0 Å². The first-order valence-corrected chi connectivity index (χ1v) is 6.71. The number of benzene rings is 2. The van der Waals surface area contributed by atoms with Gasteiger partial charge in [-0.1, -0.05) is 42.8 Å². The Balaban J connectivity index is 2.07. The summed E-state index contributed by atoms with van der Waals surface area (Å²) in [6.07, 6.45) is 1.14. The summed E-state index contributed by atoms with van der Waals surface area (Å²) in [5.74, 6) is 0.897. The van der Waals surface area contributed by atoms with E-state index in [4.69, 9.17) is 16.3 Å². The molecule has 0 bridgehead atoms.